The van der Waals surface area contributed by atoms with Crippen LogP contribution < -0.4 is 10.1 Å². The summed E-state index contributed by atoms with van der Waals surface area (Å²) in [5.74, 6) is 1.56. The van der Waals surface area contributed by atoms with Gasteiger partial charge in [0.15, 0.2) is 0 Å². The molecule has 5 aromatic rings. The van der Waals surface area contributed by atoms with Crippen LogP contribution in [0.15, 0.2) is 97.2 Å². The molecule has 1 N–H and O–H groups in total. The molecule has 3 aromatic carbocycles. The maximum atomic E-state index is 14.1. The molecule has 39 heavy (non-hydrogen) atoms. The van der Waals surface area contributed by atoms with Gasteiger partial charge >= 0.3 is 6.03 Å². The first-order valence-electron chi connectivity index (χ1n) is 13.2. The molecule has 0 saturated heterocycles. The van der Waals surface area contributed by atoms with E-state index in [-0.39, 0.29) is 12.1 Å². The molecule has 0 bridgehead atoms. The number of amides is 2. The van der Waals surface area contributed by atoms with Crippen LogP contribution in [-0.2, 0) is 13.0 Å². The minimum absolute atomic E-state index is 0.212. The van der Waals surface area contributed by atoms with Crippen LogP contribution in [-0.4, -0.2) is 32.4 Å². The van der Waals surface area contributed by atoms with E-state index in [1.807, 2.05) is 77.2 Å². The molecule has 196 valence electrons. The van der Waals surface area contributed by atoms with E-state index >= 15 is 0 Å². The molecule has 0 unspecified atom stereocenters. The second-order valence-electron chi connectivity index (χ2n) is 9.69. The van der Waals surface area contributed by atoms with Crippen molar-refractivity contribution in [2.75, 3.05) is 12.4 Å². The van der Waals surface area contributed by atoms with E-state index in [0.717, 1.165) is 40.4 Å². The largest absolute Gasteiger partial charge is 0.495 e. The van der Waals surface area contributed by atoms with E-state index in [4.69, 9.17) is 9.84 Å². The zero-order chi connectivity index (χ0) is 26.9. The number of nitrogens with zero attached hydrogens (tertiary/aromatic N) is 4. The van der Waals surface area contributed by atoms with Gasteiger partial charge in [-0.2, -0.15) is 5.10 Å². The highest BCUT2D eigenvalue weighted by Gasteiger charge is 2.36. The highest BCUT2D eigenvalue weighted by atomic mass is 16.5. The third kappa shape index (κ3) is 4.36. The number of carbonyl (C=O) groups is 1. The van der Waals surface area contributed by atoms with E-state index in [2.05, 4.69) is 53.3 Å². The van der Waals surface area contributed by atoms with Crippen LogP contribution in [0.5, 0.6) is 5.75 Å². The van der Waals surface area contributed by atoms with Crippen molar-refractivity contribution in [3.8, 4) is 17.3 Å². The summed E-state index contributed by atoms with van der Waals surface area (Å²) in [4.78, 5) is 16.0. The number of hydrogen-bond donors (Lipinski definition) is 1. The van der Waals surface area contributed by atoms with Gasteiger partial charge in [0.2, 0.25) is 0 Å². The van der Waals surface area contributed by atoms with Crippen LogP contribution in [0.3, 0.4) is 0 Å². The Bertz CT molecular complexity index is 1620. The van der Waals surface area contributed by atoms with Crippen LogP contribution in [0.1, 0.15) is 41.0 Å². The minimum Gasteiger partial charge on any atom is -0.495 e. The highest BCUT2D eigenvalue weighted by molar-refractivity contribution is 5.91. The minimum atomic E-state index is -0.323. The Morgan fingerprint density at radius 1 is 0.974 bits per heavy atom. The zero-order valence-corrected chi connectivity index (χ0v) is 22.3. The standard InChI is InChI=1S/C32H31N5O2/c1-4-23-16-18-24(19-17-23)30-28-14-10-20-35(28)31-26(22(2)34-37(31)25-11-6-5-7-12-25)21-36(30)32(38)33-27-13-8-9-15-29(27)39-3/h5-20,30H,4,21H2,1-3H3,(H,33,38)/t30-/m0/s1. The van der Waals surface area contributed by atoms with Gasteiger partial charge in [0.05, 0.1) is 42.5 Å². The summed E-state index contributed by atoms with van der Waals surface area (Å²) in [5, 5.41) is 8.04. The lowest BCUT2D eigenvalue weighted by Crippen LogP contribution is -2.38. The highest BCUT2D eigenvalue weighted by Crippen LogP contribution is 2.39. The summed E-state index contributed by atoms with van der Waals surface area (Å²) in [6.45, 7) is 4.54. The second kappa shape index (κ2) is 10.2. The van der Waals surface area contributed by atoms with Gasteiger partial charge in [-0.25, -0.2) is 9.48 Å². The second-order valence-corrected chi connectivity index (χ2v) is 9.69. The quantitative estimate of drug-likeness (QED) is 0.283. The third-order valence-corrected chi connectivity index (χ3v) is 7.40. The number of ether oxygens (including phenoxy) is 1. The number of rotatable bonds is 5. The summed E-state index contributed by atoms with van der Waals surface area (Å²) in [6, 6.07) is 29.7. The predicted molar refractivity (Wildman–Crippen MR) is 153 cm³/mol. The number of benzene rings is 3. The molecule has 2 aromatic heterocycles. The molecule has 7 nitrogen and oxygen atoms in total. The number of aromatic nitrogens is 3. The Morgan fingerprint density at radius 3 is 2.46 bits per heavy atom. The van der Waals surface area contributed by atoms with Crippen molar-refractivity contribution in [3.05, 3.63) is 125 Å². The third-order valence-electron chi connectivity index (χ3n) is 7.40. The van der Waals surface area contributed by atoms with Gasteiger partial charge in [-0.15, -0.1) is 0 Å². The Morgan fingerprint density at radius 2 is 1.72 bits per heavy atom. The van der Waals surface area contributed by atoms with Crippen LogP contribution in [0.25, 0.3) is 11.5 Å². The maximum absolute atomic E-state index is 14.1. The van der Waals surface area contributed by atoms with Crippen molar-refractivity contribution in [1.29, 1.82) is 0 Å². The Balaban J connectivity index is 1.53. The van der Waals surface area contributed by atoms with Crippen molar-refractivity contribution in [1.82, 2.24) is 19.2 Å². The summed E-state index contributed by atoms with van der Waals surface area (Å²) >= 11 is 0. The van der Waals surface area contributed by atoms with Crippen LogP contribution >= 0.6 is 0 Å². The Labute approximate surface area is 228 Å². The normalized spacial score (nSPS) is 14.3. The van der Waals surface area contributed by atoms with E-state index in [0.29, 0.717) is 18.0 Å². The number of hydrogen-bond acceptors (Lipinski definition) is 3. The van der Waals surface area contributed by atoms with Gasteiger partial charge < -0.3 is 19.5 Å². The van der Waals surface area contributed by atoms with Crippen LogP contribution in [0.2, 0.25) is 0 Å². The lowest BCUT2D eigenvalue weighted by Gasteiger charge is -2.31. The fourth-order valence-corrected chi connectivity index (χ4v) is 5.37. The van der Waals surface area contributed by atoms with Gasteiger partial charge in [-0.05, 0) is 60.9 Å². The van der Waals surface area contributed by atoms with Crippen LogP contribution in [0, 0.1) is 6.92 Å². The van der Waals surface area contributed by atoms with Gasteiger partial charge in [0.1, 0.15) is 11.6 Å². The monoisotopic (exact) mass is 517 g/mol. The molecule has 3 heterocycles. The van der Waals surface area contributed by atoms with E-state index in [1.165, 1.54) is 5.56 Å². The molecule has 6 rings (SSSR count). The fourth-order valence-electron chi connectivity index (χ4n) is 5.37. The summed E-state index contributed by atoms with van der Waals surface area (Å²) in [6.07, 6.45) is 3.01. The molecule has 0 saturated carbocycles. The van der Waals surface area contributed by atoms with Crippen molar-refractivity contribution in [3.63, 3.8) is 0 Å². The summed E-state index contributed by atoms with van der Waals surface area (Å²) in [5.41, 5.74) is 6.77. The SMILES string of the molecule is CCc1ccc([C@H]2c3cccn3-c3c(c(C)nn3-c3ccccc3)CN2C(=O)Nc2ccccc2OC)cc1. The number of para-hydroxylation sites is 3. The van der Waals surface area contributed by atoms with Gasteiger partial charge in [0, 0.05) is 11.8 Å². The van der Waals surface area contributed by atoms with E-state index in [9.17, 15) is 4.79 Å². The summed E-state index contributed by atoms with van der Waals surface area (Å²) < 4.78 is 9.67. The maximum Gasteiger partial charge on any atom is 0.323 e. The number of aryl methyl sites for hydroxylation is 2. The van der Waals surface area contributed by atoms with Gasteiger partial charge in [-0.1, -0.05) is 61.5 Å². The average Bonchev–Trinajstić information content (AvgIpc) is 3.54. The van der Waals surface area contributed by atoms with Crippen molar-refractivity contribution in [2.24, 2.45) is 0 Å². The molecule has 0 aliphatic carbocycles. The lowest BCUT2D eigenvalue weighted by atomic mass is 9.99. The first kappa shape index (κ1) is 24.6. The lowest BCUT2D eigenvalue weighted by molar-refractivity contribution is 0.194. The predicted octanol–water partition coefficient (Wildman–Crippen LogP) is 6.68. The molecule has 2 amide bonds. The van der Waals surface area contributed by atoms with Crippen molar-refractivity contribution < 1.29 is 9.53 Å². The first-order chi connectivity index (χ1) is 19.1. The molecule has 7 heteroatoms. The summed E-state index contributed by atoms with van der Waals surface area (Å²) in [7, 11) is 1.61. The zero-order valence-electron chi connectivity index (χ0n) is 22.3. The van der Waals surface area contributed by atoms with E-state index < -0.39 is 0 Å². The molecule has 1 aliphatic rings. The average molecular weight is 518 g/mol. The molecule has 1 aliphatic heterocycles. The van der Waals surface area contributed by atoms with Crippen LogP contribution in [0.4, 0.5) is 10.5 Å². The topological polar surface area (TPSA) is 64.3 Å². The number of methoxy groups -OCH3 is 1. The van der Waals surface area contributed by atoms with Crippen molar-refractivity contribution >= 4 is 11.7 Å². The smallest absolute Gasteiger partial charge is 0.323 e. The number of urea groups is 1. The Kier molecular flexibility index (Phi) is 6.40. The number of carbonyl (C=O) groups excluding carboxylic acids is 1. The molecule has 1 atom stereocenters. The Hall–Kier alpha value is -4.78. The molecular weight excluding hydrogens is 486 g/mol. The van der Waals surface area contributed by atoms with Crippen molar-refractivity contribution in [2.45, 2.75) is 32.9 Å². The van der Waals surface area contributed by atoms with Gasteiger partial charge in [0.25, 0.3) is 0 Å². The first-order valence-corrected chi connectivity index (χ1v) is 13.2. The van der Waals surface area contributed by atoms with Gasteiger partial charge in [-0.3, -0.25) is 0 Å². The number of anilines is 1. The molecule has 0 radical (unpaired) electrons. The number of nitrogens with one attached hydrogen (secondary N) is 1. The number of fused-ring (bicyclic) bond motifs is 3. The van der Waals surface area contributed by atoms with E-state index in [1.54, 1.807) is 7.11 Å². The molecule has 0 spiro atoms. The molecule has 0 fully saturated rings. The molecular formula is C32H31N5O2. The fraction of sp³-hybridized carbons (Fsp3) is 0.188.